The normalized spacial score (nSPS) is 22.9. The highest BCUT2D eigenvalue weighted by atomic mass is 16.5. The molecule has 0 radical (unpaired) electrons. The van der Waals surface area contributed by atoms with E-state index in [1.165, 1.54) is 25.7 Å². The van der Waals surface area contributed by atoms with Gasteiger partial charge in [0.25, 0.3) is 0 Å². The summed E-state index contributed by atoms with van der Waals surface area (Å²) in [6, 6.07) is 4.33. The molecule has 39 heavy (non-hydrogen) atoms. The predicted octanol–water partition coefficient (Wildman–Crippen LogP) is 6.54. The van der Waals surface area contributed by atoms with Crippen LogP contribution >= 0.6 is 0 Å². The fraction of sp³-hybridized carbons (Fsp3) is 0.727. The van der Waals surface area contributed by atoms with Gasteiger partial charge in [-0.2, -0.15) is 0 Å². The van der Waals surface area contributed by atoms with E-state index in [4.69, 9.17) is 14.2 Å². The molecule has 0 bridgehead atoms. The summed E-state index contributed by atoms with van der Waals surface area (Å²) in [5, 5.41) is 9.95. The Morgan fingerprint density at radius 3 is 2.64 bits per heavy atom. The zero-order chi connectivity index (χ0) is 28.0. The predicted molar refractivity (Wildman–Crippen MR) is 156 cm³/mol. The Labute approximate surface area is 236 Å². The van der Waals surface area contributed by atoms with Gasteiger partial charge in [-0.15, -0.1) is 0 Å². The number of esters is 1. The maximum Gasteiger partial charge on any atom is 0.311 e. The molecule has 0 unspecified atom stereocenters. The summed E-state index contributed by atoms with van der Waals surface area (Å²) in [5.41, 5.74) is 2.82. The van der Waals surface area contributed by atoms with Gasteiger partial charge in [-0.1, -0.05) is 52.5 Å². The van der Waals surface area contributed by atoms with Crippen LogP contribution in [0.15, 0.2) is 23.8 Å². The van der Waals surface area contributed by atoms with Crippen LogP contribution in [0.25, 0.3) is 0 Å². The van der Waals surface area contributed by atoms with E-state index in [-0.39, 0.29) is 35.4 Å². The van der Waals surface area contributed by atoms with Crippen LogP contribution in [-0.4, -0.2) is 61.0 Å². The van der Waals surface area contributed by atoms with Crippen LogP contribution in [0, 0.1) is 5.92 Å². The zero-order valence-corrected chi connectivity index (χ0v) is 25.0. The van der Waals surface area contributed by atoms with Crippen LogP contribution in [0.4, 0.5) is 0 Å². The number of carbonyl (C=O) groups is 1. The Morgan fingerprint density at radius 2 is 1.92 bits per heavy atom. The quantitative estimate of drug-likeness (QED) is 0.140. The van der Waals surface area contributed by atoms with Gasteiger partial charge < -0.3 is 19.3 Å². The molecule has 0 aromatic heterocycles. The van der Waals surface area contributed by atoms with Crippen LogP contribution in [0.2, 0.25) is 0 Å². The van der Waals surface area contributed by atoms with Gasteiger partial charge in [-0.3, -0.25) is 9.69 Å². The molecule has 2 aliphatic heterocycles. The molecule has 6 heteroatoms. The van der Waals surface area contributed by atoms with Gasteiger partial charge in [0.05, 0.1) is 19.8 Å². The van der Waals surface area contributed by atoms with Gasteiger partial charge in [0.15, 0.2) is 0 Å². The lowest BCUT2D eigenvalue weighted by atomic mass is 9.66. The molecule has 3 aliphatic rings. The molecule has 6 nitrogen and oxygen atoms in total. The molecule has 2 heterocycles. The maximum atomic E-state index is 13.2. The third kappa shape index (κ3) is 7.45. The lowest BCUT2D eigenvalue weighted by Crippen LogP contribution is -2.46. The van der Waals surface area contributed by atoms with Crippen molar-refractivity contribution < 1.29 is 24.1 Å². The Bertz CT molecular complexity index is 1010. The van der Waals surface area contributed by atoms with E-state index in [1.54, 1.807) is 0 Å². The number of allylic oxidation sites excluding steroid dienone is 1. The van der Waals surface area contributed by atoms with Crippen molar-refractivity contribution in [2.75, 3.05) is 39.5 Å². The molecular weight excluding hydrogens is 490 g/mol. The molecule has 0 spiro atoms. The smallest absolute Gasteiger partial charge is 0.311 e. The second-order valence-electron chi connectivity index (χ2n) is 13.0. The van der Waals surface area contributed by atoms with Gasteiger partial charge in [0.2, 0.25) is 0 Å². The van der Waals surface area contributed by atoms with Crippen molar-refractivity contribution in [2.45, 2.75) is 109 Å². The van der Waals surface area contributed by atoms with E-state index in [0.717, 1.165) is 81.0 Å². The molecule has 1 aromatic rings. The molecule has 1 saturated heterocycles. The zero-order valence-electron chi connectivity index (χ0n) is 25.0. The summed E-state index contributed by atoms with van der Waals surface area (Å²) in [7, 11) is 0. The standard InChI is InChI=1S/C33H51NO5/c1-6-7-8-9-14-32(2,3)25-21-28(38-30(36)11-10-15-34-16-18-37-19-17-34)31-26-20-24(23-35)12-13-27(26)33(4,5)39-29(31)22-25/h12,21-22,26-27,35H,6-11,13-20,23H2,1-5H3/t26-,27-/m0/s1. The average Bonchev–Trinajstić information content (AvgIpc) is 2.90. The highest BCUT2D eigenvalue weighted by Gasteiger charge is 2.46. The van der Waals surface area contributed by atoms with Crippen molar-refractivity contribution in [1.82, 2.24) is 4.90 Å². The summed E-state index contributed by atoms with van der Waals surface area (Å²) in [6.45, 7) is 15.5. The van der Waals surface area contributed by atoms with E-state index in [2.05, 4.69) is 57.7 Å². The summed E-state index contributed by atoms with van der Waals surface area (Å²) in [6.07, 6.45) is 10.9. The molecular formula is C33H51NO5. The van der Waals surface area contributed by atoms with E-state index >= 15 is 0 Å². The van der Waals surface area contributed by atoms with Crippen molar-refractivity contribution in [3.05, 3.63) is 34.9 Å². The number of aliphatic hydroxyl groups excluding tert-OH is 1. The number of hydrogen-bond donors (Lipinski definition) is 1. The van der Waals surface area contributed by atoms with Crippen molar-refractivity contribution >= 4 is 5.97 Å². The molecule has 2 atom stereocenters. The van der Waals surface area contributed by atoms with E-state index in [9.17, 15) is 9.90 Å². The SMILES string of the molecule is CCCCCCC(C)(C)c1cc(OC(=O)CCCN2CCOCC2)c2c(c1)OC(C)(C)[C@H]1CC=C(CO)C[C@H]21. The van der Waals surface area contributed by atoms with E-state index in [1.807, 2.05) is 0 Å². The maximum absolute atomic E-state index is 13.2. The van der Waals surface area contributed by atoms with Gasteiger partial charge >= 0.3 is 5.97 Å². The molecule has 1 N–H and O–H groups in total. The number of nitrogens with zero attached hydrogens (tertiary/aromatic N) is 1. The van der Waals surface area contributed by atoms with Gasteiger partial charge in [0.1, 0.15) is 17.1 Å². The molecule has 0 saturated carbocycles. The Hall–Kier alpha value is -1.89. The van der Waals surface area contributed by atoms with Gasteiger partial charge in [-0.25, -0.2) is 0 Å². The van der Waals surface area contributed by atoms with Crippen LogP contribution < -0.4 is 9.47 Å². The van der Waals surface area contributed by atoms with Crippen LogP contribution in [-0.2, 0) is 14.9 Å². The minimum absolute atomic E-state index is 0.0622. The topological polar surface area (TPSA) is 68.2 Å². The van der Waals surface area contributed by atoms with Crippen molar-refractivity contribution in [1.29, 1.82) is 0 Å². The first kappa shape index (κ1) is 30.1. The largest absolute Gasteiger partial charge is 0.487 e. The van der Waals surface area contributed by atoms with Crippen LogP contribution in [0.5, 0.6) is 11.5 Å². The fourth-order valence-corrected chi connectivity index (χ4v) is 6.64. The second-order valence-corrected chi connectivity index (χ2v) is 13.0. The number of unbranched alkanes of at least 4 members (excludes halogenated alkanes) is 3. The lowest BCUT2D eigenvalue weighted by molar-refractivity contribution is -0.134. The third-order valence-electron chi connectivity index (χ3n) is 9.19. The molecule has 1 aromatic carbocycles. The summed E-state index contributed by atoms with van der Waals surface area (Å²) in [5.74, 6) is 1.72. The summed E-state index contributed by atoms with van der Waals surface area (Å²) in [4.78, 5) is 15.5. The number of aliphatic hydroxyl groups is 1. The first-order valence-electron chi connectivity index (χ1n) is 15.3. The monoisotopic (exact) mass is 541 g/mol. The number of morpholine rings is 1. The number of hydrogen-bond acceptors (Lipinski definition) is 6. The third-order valence-corrected chi connectivity index (χ3v) is 9.19. The first-order chi connectivity index (χ1) is 18.6. The van der Waals surface area contributed by atoms with Crippen molar-refractivity contribution in [2.24, 2.45) is 5.92 Å². The van der Waals surface area contributed by atoms with E-state index < -0.39 is 0 Å². The Balaban J connectivity index is 1.61. The summed E-state index contributed by atoms with van der Waals surface area (Å²) >= 11 is 0. The van der Waals surface area contributed by atoms with Crippen molar-refractivity contribution in [3.8, 4) is 11.5 Å². The minimum atomic E-state index is -0.349. The number of carbonyl (C=O) groups excluding carboxylic acids is 1. The van der Waals surface area contributed by atoms with Gasteiger partial charge in [0, 0.05) is 36.9 Å². The van der Waals surface area contributed by atoms with Gasteiger partial charge in [-0.05, 0) is 74.8 Å². The van der Waals surface area contributed by atoms with Crippen molar-refractivity contribution in [3.63, 3.8) is 0 Å². The Kier molecular flexibility index (Phi) is 10.2. The van der Waals surface area contributed by atoms with E-state index in [0.29, 0.717) is 12.2 Å². The number of fused-ring (bicyclic) bond motifs is 3. The number of benzene rings is 1. The van der Waals surface area contributed by atoms with Crippen LogP contribution in [0.1, 0.15) is 109 Å². The highest BCUT2D eigenvalue weighted by molar-refractivity contribution is 5.74. The number of ether oxygens (including phenoxy) is 3. The second kappa shape index (κ2) is 13.2. The molecule has 1 fully saturated rings. The van der Waals surface area contributed by atoms with Crippen LogP contribution in [0.3, 0.4) is 0 Å². The fourth-order valence-electron chi connectivity index (χ4n) is 6.64. The molecule has 218 valence electrons. The highest BCUT2D eigenvalue weighted by Crippen LogP contribution is 2.55. The molecule has 0 amide bonds. The molecule has 1 aliphatic carbocycles. The Morgan fingerprint density at radius 1 is 1.15 bits per heavy atom. The first-order valence-corrected chi connectivity index (χ1v) is 15.3. The minimum Gasteiger partial charge on any atom is -0.487 e. The summed E-state index contributed by atoms with van der Waals surface area (Å²) < 4.78 is 18.4. The average molecular weight is 542 g/mol. The molecule has 4 rings (SSSR count). The number of rotatable bonds is 12. The lowest BCUT2D eigenvalue weighted by Gasteiger charge is -2.47.